The molecule has 1 amide bonds. The zero-order chi connectivity index (χ0) is 22.3. The highest BCUT2D eigenvalue weighted by molar-refractivity contribution is 8.00. The topological polar surface area (TPSA) is 55.4 Å². The molecule has 2 aromatic carbocycles. The van der Waals surface area contributed by atoms with E-state index in [-0.39, 0.29) is 28.7 Å². The first-order valence-electron chi connectivity index (χ1n) is 9.60. The number of nitrogens with one attached hydrogen (secondary N) is 1. The van der Waals surface area contributed by atoms with Crippen LogP contribution in [0.1, 0.15) is 44.0 Å². The molecule has 0 bridgehead atoms. The van der Waals surface area contributed by atoms with Gasteiger partial charge in [-0.3, -0.25) is 9.59 Å². The van der Waals surface area contributed by atoms with E-state index in [1.807, 2.05) is 20.8 Å². The van der Waals surface area contributed by atoms with Gasteiger partial charge in [0, 0.05) is 16.5 Å². The van der Waals surface area contributed by atoms with Gasteiger partial charge >= 0.3 is 5.97 Å². The molecular weight excluding hydrogens is 415 g/mol. The molecule has 0 saturated heterocycles. The molecule has 0 aromatic heterocycles. The normalized spacial score (nSPS) is 12.0. The molecule has 0 aliphatic carbocycles. The van der Waals surface area contributed by atoms with Gasteiger partial charge in [0.2, 0.25) is 0 Å². The largest absolute Gasteiger partial charge is 0.465 e. The molecule has 4 nitrogen and oxygen atoms in total. The van der Waals surface area contributed by atoms with E-state index in [0.717, 1.165) is 23.9 Å². The number of benzene rings is 2. The Kier molecular flexibility index (Phi) is 8.77. The van der Waals surface area contributed by atoms with E-state index in [4.69, 9.17) is 4.74 Å². The molecule has 162 valence electrons. The highest BCUT2D eigenvalue weighted by atomic mass is 32.2. The van der Waals surface area contributed by atoms with Gasteiger partial charge in [0.05, 0.1) is 12.3 Å². The molecule has 0 heterocycles. The zero-order valence-corrected chi connectivity index (χ0v) is 17.8. The molecule has 0 aliphatic rings. The fraction of sp³-hybridized carbons (Fsp3) is 0.364. The zero-order valence-electron chi connectivity index (χ0n) is 17.0. The predicted molar refractivity (Wildman–Crippen MR) is 111 cm³/mol. The summed E-state index contributed by atoms with van der Waals surface area (Å²) in [7, 11) is 0. The monoisotopic (exact) mass is 439 g/mol. The van der Waals surface area contributed by atoms with Crippen molar-refractivity contribution in [2.45, 2.75) is 43.8 Å². The fourth-order valence-corrected chi connectivity index (χ4v) is 3.70. The number of carbonyl (C=O) groups excluding carboxylic acids is 2. The summed E-state index contributed by atoms with van der Waals surface area (Å²) >= 11 is 0.920. The van der Waals surface area contributed by atoms with Gasteiger partial charge in [-0.25, -0.2) is 13.2 Å². The van der Waals surface area contributed by atoms with Crippen molar-refractivity contribution in [2.75, 3.05) is 11.9 Å². The van der Waals surface area contributed by atoms with E-state index in [0.29, 0.717) is 18.9 Å². The Morgan fingerprint density at radius 3 is 2.47 bits per heavy atom. The number of carbonyl (C=O) groups is 2. The SMILES string of the molecule is CCCC(Sc1cc(NC(=O)c2cccc(F)c2)c(F)cc1F)C(=O)OCC(C)C. The van der Waals surface area contributed by atoms with Crippen LogP contribution >= 0.6 is 11.8 Å². The minimum absolute atomic E-state index is 0.00545. The third-order valence-corrected chi connectivity index (χ3v) is 5.28. The van der Waals surface area contributed by atoms with Crippen molar-refractivity contribution in [3.05, 3.63) is 59.4 Å². The van der Waals surface area contributed by atoms with Gasteiger partial charge in [0.15, 0.2) is 0 Å². The van der Waals surface area contributed by atoms with Gasteiger partial charge < -0.3 is 10.1 Å². The molecule has 1 unspecified atom stereocenters. The van der Waals surface area contributed by atoms with Crippen LogP contribution < -0.4 is 5.32 Å². The first-order valence-corrected chi connectivity index (χ1v) is 10.5. The molecule has 2 rings (SSSR count). The van der Waals surface area contributed by atoms with Gasteiger partial charge in [-0.2, -0.15) is 0 Å². The lowest BCUT2D eigenvalue weighted by atomic mass is 10.2. The standard InChI is InChI=1S/C22H24F3NO3S/c1-4-6-19(22(28)29-12-13(2)3)30-20-11-18(16(24)10-17(20)25)26-21(27)14-7-5-8-15(23)9-14/h5,7-11,13,19H,4,6,12H2,1-3H3,(H,26,27). The highest BCUT2D eigenvalue weighted by Gasteiger charge is 2.24. The maximum atomic E-state index is 14.3. The van der Waals surface area contributed by atoms with Crippen molar-refractivity contribution in [3.63, 3.8) is 0 Å². The highest BCUT2D eigenvalue weighted by Crippen LogP contribution is 2.33. The van der Waals surface area contributed by atoms with E-state index in [9.17, 15) is 22.8 Å². The van der Waals surface area contributed by atoms with Gasteiger partial charge in [-0.05, 0) is 36.6 Å². The third-order valence-electron chi connectivity index (χ3n) is 4.00. The van der Waals surface area contributed by atoms with Gasteiger partial charge in [-0.15, -0.1) is 11.8 Å². The van der Waals surface area contributed by atoms with Crippen LogP contribution in [0.2, 0.25) is 0 Å². The summed E-state index contributed by atoms with van der Waals surface area (Å²) < 4.78 is 47.1. The number of thioether (sulfide) groups is 1. The first kappa shape index (κ1) is 23.8. The quantitative estimate of drug-likeness (QED) is 0.395. The van der Waals surface area contributed by atoms with Crippen LogP contribution in [0.5, 0.6) is 0 Å². The molecule has 0 aliphatic heterocycles. The molecule has 0 spiro atoms. The fourth-order valence-electron chi connectivity index (χ4n) is 2.52. The van der Waals surface area contributed by atoms with Gasteiger partial charge in [0.1, 0.15) is 22.7 Å². The van der Waals surface area contributed by atoms with Crippen LogP contribution in [0.3, 0.4) is 0 Å². The lowest BCUT2D eigenvalue weighted by Gasteiger charge is -2.17. The Morgan fingerprint density at radius 1 is 1.10 bits per heavy atom. The number of halogens is 3. The number of hydrogen-bond donors (Lipinski definition) is 1. The second-order valence-corrected chi connectivity index (χ2v) is 8.39. The van der Waals surface area contributed by atoms with Crippen LogP contribution in [-0.4, -0.2) is 23.7 Å². The van der Waals surface area contributed by atoms with Gasteiger partial charge in [-0.1, -0.05) is 33.3 Å². The number of esters is 1. The first-order chi connectivity index (χ1) is 14.2. The average Bonchev–Trinajstić information content (AvgIpc) is 2.69. The van der Waals surface area contributed by atoms with Crippen LogP contribution in [0.25, 0.3) is 0 Å². The Morgan fingerprint density at radius 2 is 1.83 bits per heavy atom. The van der Waals surface area contributed by atoms with E-state index >= 15 is 0 Å². The second kappa shape index (κ2) is 11.1. The van der Waals surface area contributed by atoms with E-state index in [1.165, 1.54) is 18.2 Å². The van der Waals surface area contributed by atoms with Crippen molar-refractivity contribution in [3.8, 4) is 0 Å². The maximum Gasteiger partial charge on any atom is 0.319 e. The Labute approximate surface area is 178 Å². The molecule has 1 atom stereocenters. The third kappa shape index (κ3) is 6.79. The molecule has 2 aromatic rings. The Bertz CT molecular complexity index is 905. The van der Waals surface area contributed by atoms with E-state index in [2.05, 4.69) is 5.32 Å². The van der Waals surface area contributed by atoms with E-state index in [1.54, 1.807) is 0 Å². The summed E-state index contributed by atoms with van der Waals surface area (Å²) in [5.41, 5.74) is -0.270. The summed E-state index contributed by atoms with van der Waals surface area (Å²) in [4.78, 5) is 24.6. The summed E-state index contributed by atoms with van der Waals surface area (Å²) in [5.74, 6) is -3.48. The number of rotatable bonds is 9. The minimum Gasteiger partial charge on any atom is -0.465 e. The van der Waals surface area contributed by atoms with Crippen molar-refractivity contribution in [1.82, 2.24) is 0 Å². The number of amides is 1. The van der Waals surface area contributed by atoms with Gasteiger partial charge in [0.25, 0.3) is 5.91 Å². The second-order valence-electron chi connectivity index (χ2n) is 7.15. The average molecular weight is 439 g/mol. The lowest BCUT2D eigenvalue weighted by Crippen LogP contribution is -2.22. The van der Waals surface area contributed by atoms with Crippen LogP contribution in [-0.2, 0) is 9.53 Å². The van der Waals surface area contributed by atoms with Crippen LogP contribution in [0.4, 0.5) is 18.9 Å². The van der Waals surface area contributed by atoms with Crippen molar-refractivity contribution < 1.29 is 27.5 Å². The summed E-state index contributed by atoms with van der Waals surface area (Å²) in [6.45, 7) is 5.94. The molecule has 8 heteroatoms. The Hall–Kier alpha value is -2.48. The summed E-state index contributed by atoms with van der Waals surface area (Å²) in [6, 6.07) is 6.68. The Balaban J connectivity index is 2.21. The van der Waals surface area contributed by atoms with Crippen molar-refractivity contribution in [1.29, 1.82) is 0 Å². The number of ether oxygens (including phenoxy) is 1. The minimum atomic E-state index is -0.976. The maximum absolute atomic E-state index is 14.3. The molecule has 0 fully saturated rings. The number of hydrogen-bond acceptors (Lipinski definition) is 4. The van der Waals surface area contributed by atoms with Crippen molar-refractivity contribution >= 4 is 29.3 Å². The molecule has 30 heavy (non-hydrogen) atoms. The van der Waals surface area contributed by atoms with Crippen LogP contribution in [0, 0.1) is 23.4 Å². The summed E-state index contributed by atoms with van der Waals surface area (Å²) in [6.07, 6.45) is 1.11. The predicted octanol–water partition coefficient (Wildman–Crippen LogP) is 5.82. The number of anilines is 1. The van der Waals surface area contributed by atoms with Crippen LogP contribution in [0.15, 0.2) is 41.3 Å². The smallest absolute Gasteiger partial charge is 0.319 e. The van der Waals surface area contributed by atoms with E-state index < -0.39 is 34.6 Å². The molecular formula is C22H24F3NO3S. The van der Waals surface area contributed by atoms with Crippen molar-refractivity contribution in [2.24, 2.45) is 5.92 Å². The summed E-state index contributed by atoms with van der Waals surface area (Å²) in [5, 5.41) is 1.65. The molecule has 0 radical (unpaired) electrons. The lowest BCUT2D eigenvalue weighted by molar-refractivity contribution is -0.144. The molecule has 0 saturated carbocycles. The molecule has 1 N–H and O–H groups in total.